The van der Waals surface area contributed by atoms with Crippen LogP contribution in [0.25, 0.3) is 72.4 Å². The van der Waals surface area contributed by atoms with E-state index in [1.807, 2.05) is 24.3 Å². The van der Waals surface area contributed by atoms with Gasteiger partial charge in [0.15, 0.2) is 23.2 Å². The third kappa shape index (κ3) is 5.13. The van der Waals surface area contributed by atoms with Gasteiger partial charge in [0.25, 0.3) is 0 Å². The monoisotopic (exact) mass is 782 g/mol. The van der Waals surface area contributed by atoms with Gasteiger partial charge in [-0.3, -0.25) is 0 Å². The molecule has 1 spiro atoms. The van der Waals surface area contributed by atoms with E-state index in [1.165, 1.54) is 94.2 Å². The summed E-state index contributed by atoms with van der Waals surface area (Å²) >= 11 is 0. The quantitative estimate of drug-likeness (QED) is 0.163. The van der Waals surface area contributed by atoms with E-state index in [9.17, 15) is 0 Å². The molecule has 6 aliphatic carbocycles. The minimum atomic E-state index is -0.466. The Morgan fingerprint density at radius 3 is 1.30 bits per heavy atom. The van der Waals surface area contributed by atoms with Gasteiger partial charge in [0.1, 0.15) is 0 Å². The molecule has 0 atom stereocenters. The van der Waals surface area contributed by atoms with Crippen LogP contribution in [0.1, 0.15) is 66.3 Å². The maximum Gasteiger partial charge on any atom is 0.187 e. The molecule has 0 radical (unpaired) electrons. The van der Waals surface area contributed by atoms with Gasteiger partial charge in [-0.1, -0.05) is 158 Å². The molecule has 14 rings (SSSR count). The Labute approximate surface area is 356 Å². The first kappa shape index (κ1) is 34.9. The van der Waals surface area contributed by atoms with Gasteiger partial charge in [-0.2, -0.15) is 0 Å². The van der Waals surface area contributed by atoms with Crippen molar-refractivity contribution >= 4 is 5.69 Å². The highest BCUT2D eigenvalue weighted by Gasteiger charge is 2.53. The fourth-order valence-corrected chi connectivity index (χ4v) is 13.0. The van der Waals surface area contributed by atoms with Crippen LogP contribution in [-0.4, -0.2) is 15.0 Å². The Kier molecular flexibility index (Phi) is 7.44. The van der Waals surface area contributed by atoms with Crippen molar-refractivity contribution in [2.75, 3.05) is 0 Å². The van der Waals surface area contributed by atoms with Crippen molar-refractivity contribution in [3.8, 4) is 67.5 Å². The minimum Gasteiger partial charge on any atom is -0.238 e. The van der Waals surface area contributed by atoms with Crippen molar-refractivity contribution in [1.82, 2.24) is 15.0 Å². The Morgan fingerprint density at radius 2 is 0.803 bits per heavy atom. The number of benzene rings is 7. The predicted octanol–water partition coefficient (Wildman–Crippen LogP) is 13.9. The van der Waals surface area contributed by atoms with Crippen LogP contribution in [0.5, 0.6) is 0 Å². The second-order valence-corrected chi connectivity index (χ2v) is 18.5. The summed E-state index contributed by atoms with van der Waals surface area (Å²) in [4.78, 5) is 19.1. The second-order valence-electron chi connectivity index (χ2n) is 18.5. The smallest absolute Gasteiger partial charge is 0.187 e. The van der Waals surface area contributed by atoms with Gasteiger partial charge in [0.05, 0.1) is 12.0 Å². The summed E-state index contributed by atoms with van der Waals surface area (Å²) in [7, 11) is 0. The minimum absolute atomic E-state index is 0.400. The van der Waals surface area contributed by atoms with Crippen LogP contribution in [0.4, 0.5) is 5.69 Å². The lowest BCUT2D eigenvalue weighted by Gasteiger charge is -2.57. The van der Waals surface area contributed by atoms with Crippen molar-refractivity contribution in [2.24, 2.45) is 17.8 Å². The van der Waals surface area contributed by atoms with E-state index in [4.69, 9.17) is 21.5 Å². The molecule has 0 saturated heterocycles. The highest BCUT2D eigenvalue weighted by atomic mass is 15.0. The van der Waals surface area contributed by atoms with E-state index < -0.39 is 5.41 Å². The fraction of sp³-hybridized carbons (Fsp3) is 0.193. The lowest BCUT2D eigenvalue weighted by atomic mass is 9.48. The molecule has 0 N–H and O–H groups in total. The largest absolute Gasteiger partial charge is 0.238 e. The van der Waals surface area contributed by atoms with E-state index in [-0.39, 0.29) is 0 Å². The molecule has 0 amide bonds. The first-order chi connectivity index (χ1) is 30.1. The van der Waals surface area contributed by atoms with Crippen LogP contribution in [-0.2, 0) is 10.8 Å². The number of nitrogens with zero attached hydrogens (tertiary/aromatic N) is 4. The Bertz CT molecular complexity index is 3020. The van der Waals surface area contributed by atoms with Crippen molar-refractivity contribution in [3.63, 3.8) is 0 Å². The third-order valence-corrected chi connectivity index (χ3v) is 15.2. The van der Waals surface area contributed by atoms with Gasteiger partial charge in [0.2, 0.25) is 0 Å². The molecule has 4 heteroatoms. The summed E-state index contributed by atoms with van der Waals surface area (Å²) in [6.45, 7) is 7.54. The summed E-state index contributed by atoms with van der Waals surface area (Å²) in [6, 6.07) is 59.2. The van der Waals surface area contributed by atoms with Gasteiger partial charge < -0.3 is 0 Å². The number of aromatic nitrogens is 3. The molecule has 0 unspecified atom stereocenters. The summed E-state index contributed by atoms with van der Waals surface area (Å²) in [5.41, 5.74) is 17.4. The fourth-order valence-electron chi connectivity index (χ4n) is 13.0. The Morgan fingerprint density at radius 1 is 0.410 bits per heavy atom. The van der Waals surface area contributed by atoms with Crippen molar-refractivity contribution in [1.29, 1.82) is 0 Å². The topological polar surface area (TPSA) is 43.0 Å². The highest BCUT2D eigenvalue weighted by molar-refractivity contribution is 5.95. The molecular formula is C57H42N4. The van der Waals surface area contributed by atoms with Crippen LogP contribution < -0.4 is 0 Å². The summed E-state index contributed by atoms with van der Waals surface area (Å²) in [5.74, 6) is 4.63. The molecule has 1 aromatic heterocycles. The first-order valence-electron chi connectivity index (χ1n) is 22.0. The maximum atomic E-state index is 7.54. The van der Waals surface area contributed by atoms with Gasteiger partial charge in [-0.05, 0) is 129 Å². The zero-order valence-corrected chi connectivity index (χ0v) is 33.9. The molecule has 8 aromatic rings. The standard InChI is InChI=1S/C57H42N4/c1-58-44-25-20-41(21-26-44)54-59-53(40-16-14-38(15-17-40)39-18-23-43(24-19-39)56-32-35-28-36(33-56)30-37(29-35)34-56)60-55(61-54)42-22-27-48-47-10-4-7-13-51(47)57(52(48)31-42)49-11-5-2-8-45(49)46-9-3-6-12-50(46)57/h2-27,31,35-37H,28-30,32-34H2. The second kappa shape index (κ2) is 13.0. The van der Waals surface area contributed by atoms with Gasteiger partial charge in [0, 0.05) is 16.7 Å². The van der Waals surface area contributed by atoms with Crippen molar-refractivity contribution in [3.05, 3.63) is 203 Å². The molecule has 0 aliphatic heterocycles. The van der Waals surface area contributed by atoms with E-state index in [1.54, 1.807) is 5.56 Å². The molecule has 6 aliphatic rings. The molecular weight excluding hydrogens is 741 g/mol. The molecule has 7 aromatic carbocycles. The SMILES string of the molecule is [C-]#[N+]c1ccc(-c2nc(-c3ccc(-c4ccc(C56CC7CC(CC(C7)C5)C6)cc4)cc3)nc(-c3ccc4c(c3)C3(c5ccccc5-c5ccccc53)c3ccccc3-4)n2)cc1. The Hall–Kier alpha value is -6.96. The summed E-state index contributed by atoms with van der Waals surface area (Å²) in [6.07, 6.45) is 8.55. The molecule has 1 heterocycles. The van der Waals surface area contributed by atoms with E-state index in [2.05, 4.69) is 144 Å². The number of hydrogen-bond acceptors (Lipinski definition) is 3. The van der Waals surface area contributed by atoms with Gasteiger partial charge in [-0.25, -0.2) is 19.8 Å². The number of rotatable bonds is 5. The predicted molar refractivity (Wildman–Crippen MR) is 244 cm³/mol. The van der Waals surface area contributed by atoms with Gasteiger partial charge >= 0.3 is 0 Å². The lowest BCUT2D eigenvalue weighted by Crippen LogP contribution is -2.48. The summed E-state index contributed by atoms with van der Waals surface area (Å²) < 4.78 is 0. The Balaban J connectivity index is 0.910. The van der Waals surface area contributed by atoms with Gasteiger partial charge in [-0.15, -0.1) is 0 Å². The van der Waals surface area contributed by atoms with E-state index >= 15 is 0 Å². The van der Waals surface area contributed by atoms with Crippen LogP contribution in [0, 0.1) is 24.3 Å². The number of hydrogen-bond donors (Lipinski definition) is 0. The van der Waals surface area contributed by atoms with Crippen LogP contribution >= 0.6 is 0 Å². The number of fused-ring (bicyclic) bond motifs is 10. The lowest BCUT2D eigenvalue weighted by molar-refractivity contribution is -0.00518. The van der Waals surface area contributed by atoms with Crippen LogP contribution in [0.15, 0.2) is 164 Å². The first-order valence-corrected chi connectivity index (χ1v) is 22.0. The zero-order valence-electron chi connectivity index (χ0n) is 33.9. The molecule has 4 nitrogen and oxygen atoms in total. The normalized spacial score (nSPS) is 21.7. The van der Waals surface area contributed by atoms with E-state index in [0.717, 1.165) is 34.4 Å². The van der Waals surface area contributed by atoms with E-state index in [0.29, 0.717) is 28.6 Å². The maximum absolute atomic E-state index is 7.54. The highest BCUT2D eigenvalue weighted by Crippen LogP contribution is 2.63. The zero-order chi connectivity index (χ0) is 40.3. The molecule has 4 bridgehead atoms. The molecule has 4 fully saturated rings. The van der Waals surface area contributed by atoms with Crippen LogP contribution in [0.2, 0.25) is 0 Å². The van der Waals surface area contributed by atoms with Crippen molar-refractivity contribution in [2.45, 2.75) is 49.4 Å². The average Bonchev–Trinajstić information content (AvgIpc) is 3.78. The third-order valence-electron chi connectivity index (χ3n) is 15.2. The molecule has 4 saturated carbocycles. The average molecular weight is 783 g/mol. The van der Waals surface area contributed by atoms with Crippen molar-refractivity contribution < 1.29 is 0 Å². The van der Waals surface area contributed by atoms with Crippen LogP contribution in [0.3, 0.4) is 0 Å². The molecule has 61 heavy (non-hydrogen) atoms. The molecule has 290 valence electrons. The summed E-state index contributed by atoms with van der Waals surface area (Å²) in [5, 5.41) is 0.